The third-order valence-corrected chi connectivity index (χ3v) is 3.67. The Kier molecular flexibility index (Phi) is 2.86. The Hall–Kier alpha value is -1.17. The highest BCUT2D eigenvalue weighted by Gasteiger charge is 2.44. The van der Waals surface area contributed by atoms with Gasteiger partial charge in [0.05, 0.1) is 13.2 Å². The molecule has 1 amide bonds. The third-order valence-electron chi connectivity index (χ3n) is 3.67. The molecule has 1 aliphatic carbocycles. The first-order valence-corrected chi connectivity index (χ1v) is 5.60. The van der Waals surface area contributed by atoms with E-state index in [0.29, 0.717) is 12.0 Å². The molecule has 1 saturated carbocycles. The number of methoxy groups -OCH3 is 1. The second-order valence-corrected chi connectivity index (χ2v) is 4.41. The first-order valence-electron chi connectivity index (χ1n) is 5.60. The first-order chi connectivity index (χ1) is 7.27. The molecule has 0 spiro atoms. The summed E-state index contributed by atoms with van der Waals surface area (Å²) in [4.78, 5) is 13.4. The van der Waals surface area contributed by atoms with E-state index in [1.54, 1.807) is 4.90 Å². The molecule has 3 unspecified atom stereocenters. The van der Waals surface area contributed by atoms with E-state index < -0.39 is 0 Å². The van der Waals surface area contributed by atoms with Crippen LogP contribution in [-0.2, 0) is 4.74 Å². The molecule has 1 aliphatic heterocycles. The second kappa shape index (κ2) is 4.14. The molecule has 82 valence electrons. The maximum absolute atomic E-state index is 11.6. The van der Waals surface area contributed by atoms with E-state index in [1.807, 2.05) is 0 Å². The fraction of sp³-hybridized carbons (Fsp3) is 0.750. The monoisotopic (exact) mass is 207 g/mol. The molecule has 0 bridgehead atoms. The quantitative estimate of drug-likeness (QED) is 0.569. The average Bonchev–Trinajstić information content (AvgIpc) is 2.66. The van der Waals surface area contributed by atoms with Crippen molar-refractivity contribution in [3.8, 4) is 12.3 Å². The van der Waals surface area contributed by atoms with Gasteiger partial charge in [-0.15, -0.1) is 6.42 Å². The zero-order chi connectivity index (χ0) is 10.8. The van der Waals surface area contributed by atoms with Gasteiger partial charge in [0.25, 0.3) is 0 Å². The SMILES string of the molecule is C#CC1CC2CCCCC2N1C(=O)OC. The van der Waals surface area contributed by atoms with E-state index >= 15 is 0 Å². The van der Waals surface area contributed by atoms with Gasteiger partial charge >= 0.3 is 6.09 Å². The normalized spacial score (nSPS) is 34.4. The van der Waals surface area contributed by atoms with Gasteiger partial charge in [-0.25, -0.2) is 4.79 Å². The van der Waals surface area contributed by atoms with Crippen molar-refractivity contribution in [2.24, 2.45) is 5.92 Å². The molecule has 3 atom stereocenters. The molecule has 0 aromatic carbocycles. The van der Waals surface area contributed by atoms with E-state index in [4.69, 9.17) is 11.2 Å². The van der Waals surface area contributed by atoms with Gasteiger partial charge in [0.2, 0.25) is 0 Å². The summed E-state index contributed by atoms with van der Waals surface area (Å²) in [5.41, 5.74) is 0. The Bertz CT molecular complexity index is 294. The van der Waals surface area contributed by atoms with Gasteiger partial charge in [-0.05, 0) is 25.2 Å². The van der Waals surface area contributed by atoms with Crippen LogP contribution < -0.4 is 0 Å². The Balaban J connectivity index is 2.17. The Labute approximate surface area is 90.8 Å². The van der Waals surface area contributed by atoms with Crippen molar-refractivity contribution in [2.75, 3.05) is 7.11 Å². The number of nitrogens with zero attached hydrogens (tertiary/aromatic N) is 1. The summed E-state index contributed by atoms with van der Waals surface area (Å²) in [6.45, 7) is 0. The molecule has 0 N–H and O–H groups in total. The van der Waals surface area contributed by atoms with E-state index in [0.717, 1.165) is 12.8 Å². The lowest BCUT2D eigenvalue weighted by Crippen LogP contribution is -2.42. The molecule has 3 nitrogen and oxygen atoms in total. The summed E-state index contributed by atoms with van der Waals surface area (Å²) in [5.74, 6) is 3.31. The summed E-state index contributed by atoms with van der Waals surface area (Å²) >= 11 is 0. The predicted octanol–water partition coefficient (Wildman–Crippen LogP) is 2.02. The fourth-order valence-electron chi connectivity index (χ4n) is 2.98. The van der Waals surface area contributed by atoms with Gasteiger partial charge in [-0.1, -0.05) is 18.8 Å². The van der Waals surface area contributed by atoms with Crippen LogP contribution in [0.4, 0.5) is 4.79 Å². The fourth-order valence-corrected chi connectivity index (χ4v) is 2.98. The molecule has 2 rings (SSSR count). The number of rotatable bonds is 0. The number of hydrogen-bond acceptors (Lipinski definition) is 2. The zero-order valence-corrected chi connectivity index (χ0v) is 9.11. The molecule has 2 aliphatic rings. The molecule has 15 heavy (non-hydrogen) atoms. The molecule has 0 radical (unpaired) electrons. The Morgan fingerprint density at radius 1 is 1.47 bits per heavy atom. The van der Waals surface area contributed by atoms with Crippen LogP contribution in [0.15, 0.2) is 0 Å². The van der Waals surface area contributed by atoms with E-state index in [2.05, 4.69) is 5.92 Å². The molecule has 0 aromatic rings. The van der Waals surface area contributed by atoms with Gasteiger partial charge in [0, 0.05) is 6.04 Å². The lowest BCUT2D eigenvalue weighted by atomic mass is 9.85. The van der Waals surface area contributed by atoms with Crippen LogP contribution in [-0.4, -0.2) is 30.2 Å². The van der Waals surface area contributed by atoms with E-state index in [9.17, 15) is 4.79 Å². The second-order valence-electron chi connectivity index (χ2n) is 4.41. The average molecular weight is 207 g/mol. The van der Waals surface area contributed by atoms with Crippen molar-refractivity contribution >= 4 is 6.09 Å². The molecule has 3 heteroatoms. The molecule has 1 heterocycles. The lowest BCUT2D eigenvalue weighted by molar-refractivity contribution is 0.0987. The molecule has 2 fully saturated rings. The highest BCUT2D eigenvalue weighted by molar-refractivity contribution is 5.69. The number of ether oxygens (including phenoxy) is 1. The summed E-state index contributed by atoms with van der Waals surface area (Å²) in [7, 11) is 1.42. The summed E-state index contributed by atoms with van der Waals surface area (Å²) in [5, 5.41) is 0. The zero-order valence-electron chi connectivity index (χ0n) is 9.11. The van der Waals surface area contributed by atoms with Crippen LogP contribution in [0.1, 0.15) is 32.1 Å². The predicted molar refractivity (Wildman–Crippen MR) is 57.2 cm³/mol. The van der Waals surface area contributed by atoms with Crippen molar-refractivity contribution in [2.45, 2.75) is 44.2 Å². The Morgan fingerprint density at radius 3 is 2.87 bits per heavy atom. The highest BCUT2D eigenvalue weighted by Crippen LogP contribution is 2.39. The number of carbonyl (C=O) groups is 1. The van der Waals surface area contributed by atoms with Crippen LogP contribution in [0.25, 0.3) is 0 Å². The topological polar surface area (TPSA) is 29.5 Å². The summed E-state index contributed by atoms with van der Waals surface area (Å²) < 4.78 is 4.81. The van der Waals surface area contributed by atoms with Gasteiger partial charge in [-0.3, -0.25) is 4.90 Å². The lowest BCUT2D eigenvalue weighted by Gasteiger charge is -2.31. The summed E-state index contributed by atoms with van der Waals surface area (Å²) in [6.07, 6.45) is 10.9. The standard InChI is InChI=1S/C12H17NO2/c1-3-10-8-9-6-4-5-7-11(9)13(10)12(14)15-2/h1,9-11H,4-8H2,2H3. The number of hydrogen-bond donors (Lipinski definition) is 0. The Morgan fingerprint density at radius 2 is 2.20 bits per heavy atom. The molecule has 1 saturated heterocycles. The number of terminal acetylenes is 1. The number of amides is 1. The van der Waals surface area contributed by atoms with Crippen LogP contribution >= 0.6 is 0 Å². The maximum atomic E-state index is 11.6. The van der Waals surface area contributed by atoms with Crippen LogP contribution in [0, 0.1) is 18.3 Å². The van der Waals surface area contributed by atoms with Gasteiger partial charge < -0.3 is 4.74 Å². The van der Waals surface area contributed by atoms with Crippen LogP contribution in [0.2, 0.25) is 0 Å². The van der Waals surface area contributed by atoms with Gasteiger partial charge in [0.1, 0.15) is 0 Å². The number of likely N-dealkylation sites (tertiary alicyclic amines) is 1. The molecule has 0 aromatic heterocycles. The highest BCUT2D eigenvalue weighted by atomic mass is 16.5. The van der Waals surface area contributed by atoms with Crippen molar-refractivity contribution in [3.05, 3.63) is 0 Å². The van der Waals surface area contributed by atoms with Crippen molar-refractivity contribution in [1.82, 2.24) is 4.90 Å². The van der Waals surface area contributed by atoms with Crippen LogP contribution in [0.5, 0.6) is 0 Å². The van der Waals surface area contributed by atoms with Crippen molar-refractivity contribution in [3.63, 3.8) is 0 Å². The first kappa shape index (κ1) is 10.4. The minimum atomic E-state index is -0.257. The largest absolute Gasteiger partial charge is 0.453 e. The maximum Gasteiger partial charge on any atom is 0.410 e. The minimum Gasteiger partial charge on any atom is -0.453 e. The van der Waals surface area contributed by atoms with E-state index in [1.165, 1.54) is 26.4 Å². The number of carbonyl (C=O) groups excluding carboxylic acids is 1. The smallest absolute Gasteiger partial charge is 0.410 e. The summed E-state index contributed by atoms with van der Waals surface area (Å²) in [6, 6.07) is 0.276. The third kappa shape index (κ3) is 1.69. The van der Waals surface area contributed by atoms with Gasteiger partial charge in [0.15, 0.2) is 0 Å². The number of fused-ring (bicyclic) bond motifs is 1. The van der Waals surface area contributed by atoms with Crippen molar-refractivity contribution in [1.29, 1.82) is 0 Å². The minimum absolute atomic E-state index is 0.0504. The van der Waals surface area contributed by atoms with Crippen LogP contribution in [0.3, 0.4) is 0 Å². The van der Waals surface area contributed by atoms with E-state index in [-0.39, 0.29) is 12.1 Å². The molecular formula is C12H17NO2. The molecular weight excluding hydrogens is 190 g/mol. The van der Waals surface area contributed by atoms with Crippen molar-refractivity contribution < 1.29 is 9.53 Å². The van der Waals surface area contributed by atoms with Gasteiger partial charge in [-0.2, -0.15) is 0 Å².